The Bertz CT molecular complexity index is 2490. The number of aromatic nitrogens is 2. The average Bonchev–Trinajstić information content (AvgIpc) is 3.41. The SMILES string of the molecule is CC1(C)c2ccccc2-c2cccc(-c3ccc(-c4cc(-c5ccc(-c6ccccc6)cc5)nc(-c5ccccc5)n4)c4ccccc34)c21. The smallest absolute Gasteiger partial charge is 0.160 e. The first-order valence-corrected chi connectivity index (χ1v) is 16.9. The standard InChI is InChI=1S/C47H34N2/c1-47(2)42-23-12-11-20-38(42)41-22-13-21-40(45(41)47)37-28-29-39(36-19-10-9-18-35(36)37)44-30-43(48-46(49-44)34-16-7-4-8-17-34)33-26-24-32(25-27-33)31-14-5-3-6-15-31/h3-30H,1-2H3. The fourth-order valence-electron chi connectivity index (χ4n) is 7.74. The molecule has 2 heteroatoms. The van der Waals surface area contributed by atoms with Gasteiger partial charge in [-0.25, -0.2) is 9.97 Å². The second-order valence-corrected chi connectivity index (χ2v) is 13.4. The van der Waals surface area contributed by atoms with E-state index in [0.29, 0.717) is 5.82 Å². The molecule has 0 unspecified atom stereocenters. The van der Waals surface area contributed by atoms with E-state index in [4.69, 9.17) is 9.97 Å². The zero-order chi connectivity index (χ0) is 33.0. The summed E-state index contributed by atoms with van der Waals surface area (Å²) < 4.78 is 0. The van der Waals surface area contributed by atoms with Crippen LogP contribution in [0.25, 0.3) is 78.1 Å². The first kappa shape index (κ1) is 29.1. The van der Waals surface area contributed by atoms with Gasteiger partial charge < -0.3 is 0 Å². The summed E-state index contributed by atoms with van der Waals surface area (Å²) in [7, 11) is 0. The molecule has 0 atom stereocenters. The van der Waals surface area contributed by atoms with E-state index in [9.17, 15) is 0 Å². The van der Waals surface area contributed by atoms with Gasteiger partial charge in [0.25, 0.3) is 0 Å². The molecule has 1 aliphatic rings. The normalized spacial score (nSPS) is 12.9. The van der Waals surface area contributed by atoms with E-state index in [2.05, 4.69) is 159 Å². The molecule has 1 aliphatic carbocycles. The molecule has 7 aromatic carbocycles. The summed E-state index contributed by atoms with van der Waals surface area (Å²) in [4.78, 5) is 10.3. The molecule has 9 rings (SSSR count). The van der Waals surface area contributed by atoms with Crippen LogP contribution in [0.4, 0.5) is 0 Å². The largest absolute Gasteiger partial charge is 0.228 e. The Morgan fingerprint density at radius 1 is 0.367 bits per heavy atom. The van der Waals surface area contributed by atoms with Crippen molar-refractivity contribution in [2.75, 3.05) is 0 Å². The van der Waals surface area contributed by atoms with Gasteiger partial charge in [-0.15, -0.1) is 0 Å². The van der Waals surface area contributed by atoms with Gasteiger partial charge in [-0.05, 0) is 61.3 Å². The molecular formula is C47H34N2. The van der Waals surface area contributed by atoms with E-state index in [1.54, 1.807) is 0 Å². The van der Waals surface area contributed by atoms with Crippen molar-refractivity contribution in [1.29, 1.82) is 0 Å². The molecule has 0 amide bonds. The molecule has 0 spiro atoms. The van der Waals surface area contributed by atoms with Gasteiger partial charge in [0, 0.05) is 22.1 Å². The molecule has 0 radical (unpaired) electrons. The van der Waals surface area contributed by atoms with Crippen LogP contribution in [0.1, 0.15) is 25.0 Å². The van der Waals surface area contributed by atoms with Gasteiger partial charge in [0.1, 0.15) is 0 Å². The summed E-state index contributed by atoms with van der Waals surface area (Å²) in [5.41, 5.74) is 15.2. The Balaban J connectivity index is 1.21. The fourth-order valence-corrected chi connectivity index (χ4v) is 7.74. The number of fused-ring (bicyclic) bond motifs is 4. The monoisotopic (exact) mass is 626 g/mol. The van der Waals surface area contributed by atoms with Gasteiger partial charge in [-0.3, -0.25) is 0 Å². The Morgan fingerprint density at radius 2 is 0.878 bits per heavy atom. The van der Waals surface area contributed by atoms with Crippen molar-refractivity contribution in [3.63, 3.8) is 0 Å². The van der Waals surface area contributed by atoms with Crippen molar-refractivity contribution >= 4 is 10.8 Å². The van der Waals surface area contributed by atoms with E-state index in [0.717, 1.165) is 28.1 Å². The Labute approximate surface area is 287 Å². The molecule has 0 bridgehead atoms. The zero-order valence-electron chi connectivity index (χ0n) is 27.6. The fraction of sp³-hybridized carbons (Fsp3) is 0.0638. The summed E-state index contributed by atoms with van der Waals surface area (Å²) in [5, 5.41) is 2.39. The van der Waals surface area contributed by atoms with E-state index < -0.39 is 0 Å². The van der Waals surface area contributed by atoms with Crippen LogP contribution >= 0.6 is 0 Å². The Kier molecular flexibility index (Phi) is 6.84. The molecule has 232 valence electrons. The van der Waals surface area contributed by atoms with Crippen LogP contribution in [0, 0.1) is 0 Å². The quantitative estimate of drug-likeness (QED) is 0.190. The Hall–Kier alpha value is -6.12. The number of benzene rings is 7. The van der Waals surface area contributed by atoms with Crippen LogP contribution in [0.3, 0.4) is 0 Å². The second kappa shape index (κ2) is 11.5. The van der Waals surface area contributed by atoms with Crippen LogP contribution in [-0.4, -0.2) is 9.97 Å². The van der Waals surface area contributed by atoms with E-state index in [1.165, 1.54) is 55.3 Å². The highest BCUT2D eigenvalue weighted by molar-refractivity contribution is 6.06. The maximum Gasteiger partial charge on any atom is 0.160 e. The third-order valence-electron chi connectivity index (χ3n) is 10.1. The van der Waals surface area contributed by atoms with E-state index >= 15 is 0 Å². The highest BCUT2D eigenvalue weighted by Crippen LogP contribution is 2.53. The molecule has 1 heterocycles. The van der Waals surface area contributed by atoms with Crippen LogP contribution in [-0.2, 0) is 5.41 Å². The lowest BCUT2D eigenvalue weighted by Crippen LogP contribution is -2.16. The number of hydrogen-bond acceptors (Lipinski definition) is 2. The topological polar surface area (TPSA) is 25.8 Å². The van der Waals surface area contributed by atoms with E-state index in [1.807, 2.05) is 24.3 Å². The van der Waals surface area contributed by atoms with Gasteiger partial charge in [-0.1, -0.05) is 178 Å². The third kappa shape index (κ3) is 4.88. The molecule has 2 nitrogen and oxygen atoms in total. The lowest BCUT2D eigenvalue weighted by molar-refractivity contribution is 0.662. The maximum absolute atomic E-state index is 5.21. The lowest BCUT2D eigenvalue weighted by Gasteiger charge is -2.25. The molecule has 1 aromatic heterocycles. The molecule has 0 saturated carbocycles. The minimum atomic E-state index is -0.107. The highest BCUT2D eigenvalue weighted by Gasteiger charge is 2.37. The van der Waals surface area contributed by atoms with Crippen LogP contribution in [0.15, 0.2) is 170 Å². The summed E-state index contributed by atoms with van der Waals surface area (Å²) in [5.74, 6) is 0.716. The van der Waals surface area contributed by atoms with Gasteiger partial charge in [0.2, 0.25) is 0 Å². The van der Waals surface area contributed by atoms with Gasteiger partial charge >= 0.3 is 0 Å². The van der Waals surface area contributed by atoms with Crippen LogP contribution in [0.2, 0.25) is 0 Å². The van der Waals surface area contributed by atoms with Crippen molar-refractivity contribution in [3.05, 3.63) is 181 Å². The number of hydrogen-bond donors (Lipinski definition) is 0. The van der Waals surface area contributed by atoms with Gasteiger partial charge in [0.05, 0.1) is 11.4 Å². The third-order valence-corrected chi connectivity index (χ3v) is 10.1. The zero-order valence-corrected chi connectivity index (χ0v) is 27.6. The first-order chi connectivity index (χ1) is 24.1. The summed E-state index contributed by atoms with van der Waals surface area (Å²) in [6.45, 7) is 4.72. The van der Waals surface area contributed by atoms with Crippen LogP contribution < -0.4 is 0 Å². The van der Waals surface area contributed by atoms with E-state index in [-0.39, 0.29) is 5.41 Å². The molecule has 0 saturated heterocycles. The molecular weight excluding hydrogens is 593 g/mol. The van der Waals surface area contributed by atoms with Crippen molar-refractivity contribution in [3.8, 4) is 67.3 Å². The van der Waals surface area contributed by atoms with Crippen molar-refractivity contribution in [2.24, 2.45) is 0 Å². The van der Waals surface area contributed by atoms with Crippen molar-refractivity contribution in [2.45, 2.75) is 19.3 Å². The minimum absolute atomic E-state index is 0.107. The minimum Gasteiger partial charge on any atom is -0.228 e. The Morgan fingerprint density at radius 3 is 1.61 bits per heavy atom. The predicted molar refractivity (Wildman–Crippen MR) is 204 cm³/mol. The van der Waals surface area contributed by atoms with Crippen LogP contribution in [0.5, 0.6) is 0 Å². The molecule has 8 aromatic rings. The average molecular weight is 627 g/mol. The molecule has 0 aliphatic heterocycles. The lowest BCUT2D eigenvalue weighted by atomic mass is 9.78. The maximum atomic E-state index is 5.21. The molecule has 49 heavy (non-hydrogen) atoms. The number of rotatable bonds is 5. The van der Waals surface area contributed by atoms with Crippen molar-refractivity contribution in [1.82, 2.24) is 9.97 Å². The molecule has 0 N–H and O–H groups in total. The second-order valence-electron chi connectivity index (χ2n) is 13.4. The predicted octanol–water partition coefficient (Wildman–Crippen LogP) is 12.3. The summed E-state index contributed by atoms with van der Waals surface area (Å²) >= 11 is 0. The highest BCUT2D eigenvalue weighted by atomic mass is 14.9. The summed E-state index contributed by atoms with van der Waals surface area (Å²) in [6, 6.07) is 60.6. The van der Waals surface area contributed by atoms with Gasteiger partial charge in [0.15, 0.2) is 5.82 Å². The first-order valence-electron chi connectivity index (χ1n) is 16.9. The van der Waals surface area contributed by atoms with Crippen molar-refractivity contribution < 1.29 is 0 Å². The van der Waals surface area contributed by atoms with Gasteiger partial charge in [-0.2, -0.15) is 0 Å². The summed E-state index contributed by atoms with van der Waals surface area (Å²) in [6.07, 6.45) is 0. The molecule has 0 fully saturated rings. The number of nitrogens with zero attached hydrogens (tertiary/aromatic N) is 2.